The predicted octanol–water partition coefficient (Wildman–Crippen LogP) is 2.13. The van der Waals surface area contributed by atoms with Gasteiger partial charge in [0.15, 0.2) is 0 Å². The van der Waals surface area contributed by atoms with Crippen LogP contribution in [0.3, 0.4) is 0 Å². The van der Waals surface area contributed by atoms with E-state index in [2.05, 4.69) is 39.8 Å². The molecule has 2 aromatic rings. The maximum atomic E-state index is 12.2. The molecule has 1 aliphatic rings. The van der Waals surface area contributed by atoms with Crippen LogP contribution in [0.1, 0.15) is 24.0 Å². The van der Waals surface area contributed by atoms with Crippen molar-refractivity contribution < 1.29 is 14.3 Å². The van der Waals surface area contributed by atoms with Crippen LogP contribution in [0, 0.1) is 0 Å². The lowest BCUT2D eigenvalue weighted by Gasteiger charge is -2.32. The summed E-state index contributed by atoms with van der Waals surface area (Å²) in [5.74, 6) is -0.307. The van der Waals surface area contributed by atoms with Crippen LogP contribution >= 0.6 is 0 Å². The lowest BCUT2D eigenvalue weighted by Crippen LogP contribution is -2.49. The summed E-state index contributed by atoms with van der Waals surface area (Å²) in [6.45, 7) is 3.18. The van der Waals surface area contributed by atoms with Crippen molar-refractivity contribution in [2.75, 3.05) is 26.7 Å². The van der Waals surface area contributed by atoms with Crippen LogP contribution in [-0.2, 0) is 22.6 Å². The van der Waals surface area contributed by atoms with Gasteiger partial charge in [-0.25, -0.2) is 0 Å². The molecule has 0 saturated carbocycles. The van der Waals surface area contributed by atoms with Gasteiger partial charge in [-0.1, -0.05) is 42.5 Å². The normalized spacial score (nSPS) is 14.9. The highest BCUT2D eigenvalue weighted by Gasteiger charge is 2.23. The van der Waals surface area contributed by atoms with Gasteiger partial charge in [0.2, 0.25) is 0 Å². The number of carbonyl (C=O) groups is 2. The van der Waals surface area contributed by atoms with E-state index in [1.807, 2.05) is 30.3 Å². The van der Waals surface area contributed by atoms with Crippen molar-refractivity contribution in [3.63, 3.8) is 0 Å². The first-order valence-corrected chi connectivity index (χ1v) is 10.1. The second kappa shape index (κ2) is 10.6. The highest BCUT2D eigenvalue weighted by atomic mass is 16.5. The zero-order valence-corrected chi connectivity index (χ0v) is 16.9. The van der Waals surface area contributed by atoms with Crippen molar-refractivity contribution in [2.45, 2.75) is 31.8 Å². The number of methoxy groups -OCH3 is 1. The minimum atomic E-state index is -0.565. The van der Waals surface area contributed by atoms with Gasteiger partial charge in [-0.15, -0.1) is 0 Å². The first-order chi connectivity index (χ1) is 14.1. The van der Waals surface area contributed by atoms with E-state index in [1.165, 1.54) is 5.56 Å². The number of piperidine rings is 1. The minimum absolute atomic E-state index is 0.0573. The third-order valence-electron chi connectivity index (χ3n) is 5.24. The molecule has 3 rings (SSSR count). The van der Waals surface area contributed by atoms with E-state index in [4.69, 9.17) is 4.74 Å². The highest BCUT2D eigenvalue weighted by molar-refractivity contribution is 6.35. The Hall–Kier alpha value is -2.86. The Bertz CT molecular complexity index is 785. The first kappa shape index (κ1) is 20.9. The number of hydrogen-bond acceptors (Lipinski definition) is 4. The summed E-state index contributed by atoms with van der Waals surface area (Å²) >= 11 is 0. The number of rotatable bonds is 7. The smallest absolute Gasteiger partial charge is 0.309 e. The van der Waals surface area contributed by atoms with Crippen molar-refractivity contribution in [1.29, 1.82) is 0 Å². The average molecular weight is 396 g/mol. The molecule has 6 nitrogen and oxygen atoms in total. The van der Waals surface area contributed by atoms with Gasteiger partial charge in [0.05, 0.1) is 7.11 Å². The zero-order valence-electron chi connectivity index (χ0n) is 16.9. The fraction of sp³-hybridized carbons (Fsp3) is 0.391. The Balaban J connectivity index is 1.34. The van der Waals surface area contributed by atoms with Crippen molar-refractivity contribution in [1.82, 2.24) is 15.5 Å². The minimum Gasteiger partial charge on any atom is -0.497 e. The van der Waals surface area contributed by atoms with Gasteiger partial charge in [-0.3, -0.25) is 14.5 Å². The quantitative estimate of drug-likeness (QED) is 0.705. The summed E-state index contributed by atoms with van der Waals surface area (Å²) in [7, 11) is 1.63. The molecule has 1 heterocycles. The van der Waals surface area contributed by atoms with Crippen molar-refractivity contribution in [2.24, 2.45) is 0 Å². The van der Waals surface area contributed by atoms with Gasteiger partial charge in [0, 0.05) is 32.2 Å². The number of likely N-dealkylation sites (tertiary alicyclic amines) is 1. The summed E-state index contributed by atoms with van der Waals surface area (Å²) in [6, 6.07) is 18.1. The molecule has 0 bridgehead atoms. The predicted molar refractivity (Wildman–Crippen MR) is 113 cm³/mol. The van der Waals surface area contributed by atoms with Gasteiger partial charge in [-0.2, -0.15) is 0 Å². The van der Waals surface area contributed by atoms with Gasteiger partial charge in [0.25, 0.3) is 0 Å². The lowest BCUT2D eigenvalue weighted by atomic mass is 10.0. The molecular weight excluding hydrogens is 366 g/mol. The third kappa shape index (κ3) is 6.61. The summed E-state index contributed by atoms with van der Waals surface area (Å²) in [5, 5.41) is 5.57. The van der Waals surface area contributed by atoms with Crippen LogP contribution in [0.25, 0.3) is 0 Å². The Morgan fingerprint density at radius 1 is 0.966 bits per heavy atom. The Kier molecular flexibility index (Phi) is 7.64. The van der Waals surface area contributed by atoms with Crippen molar-refractivity contribution in [3.8, 4) is 5.75 Å². The molecule has 0 atom stereocenters. The molecule has 0 unspecified atom stereocenters. The molecule has 1 aliphatic heterocycles. The Morgan fingerprint density at radius 2 is 1.66 bits per heavy atom. The molecule has 2 aromatic carbocycles. The van der Waals surface area contributed by atoms with Gasteiger partial charge >= 0.3 is 11.8 Å². The maximum Gasteiger partial charge on any atom is 0.309 e. The largest absolute Gasteiger partial charge is 0.497 e. The molecule has 1 fully saturated rings. The number of carbonyl (C=O) groups excluding carboxylic acids is 2. The Morgan fingerprint density at radius 3 is 2.31 bits per heavy atom. The number of hydrogen-bond donors (Lipinski definition) is 2. The molecule has 0 spiro atoms. The SMILES string of the molecule is COc1ccc(CCNC(=O)C(=O)NC2CCN(Cc3ccccc3)CC2)cc1. The summed E-state index contributed by atoms with van der Waals surface area (Å²) in [5.41, 5.74) is 2.38. The van der Waals surface area contributed by atoms with Gasteiger partial charge < -0.3 is 15.4 Å². The van der Waals surface area contributed by atoms with E-state index in [-0.39, 0.29) is 6.04 Å². The first-order valence-electron chi connectivity index (χ1n) is 10.1. The van der Waals surface area contributed by atoms with Gasteiger partial charge in [0.1, 0.15) is 5.75 Å². The van der Waals surface area contributed by atoms with Crippen LogP contribution in [0.2, 0.25) is 0 Å². The molecule has 2 amide bonds. The van der Waals surface area contributed by atoms with Crippen molar-refractivity contribution in [3.05, 3.63) is 65.7 Å². The van der Waals surface area contributed by atoms with Crippen LogP contribution in [0.4, 0.5) is 0 Å². The fourth-order valence-corrected chi connectivity index (χ4v) is 3.52. The second-order valence-electron chi connectivity index (χ2n) is 7.36. The van der Waals surface area contributed by atoms with Crippen LogP contribution in [-0.4, -0.2) is 49.5 Å². The van der Waals surface area contributed by atoms with E-state index in [0.29, 0.717) is 13.0 Å². The molecule has 154 valence electrons. The lowest BCUT2D eigenvalue weighted by molar-refractivity contribution is -0.139. The molecule has 29 heavy (non-hydrogen) atoms. The fourth-order valence-electron chi connectivity index (χ4n) is 3.52. The molecular formula is C23H29N3O3. The molecule has 0 radical (unpaired) electrons. The van der Waals surface area contributed by atoms with Crippen molar-refractivity contribution >= 4 is 11.8 Å². The topological polar surface area (TPSA) is 70.7 Å². The van der Waals surface area contributed by atoms with E-state index in [9.17, 15) is 9.59 Å². The molecule has 6 heteroatoms. The van der Waals surface area contributed by atoms with Crippen LogP contribution in [0.15, 0.2) is 54.6 Å². The number of ether oxygens (including phenoxy) is 1. The van der Waals surface area contributed by atoms with E-state index in [1.54, 1.807) is 7.11 Å². The van der Waals surface area contributed by atoms with E-state index >= 15 is 0 Å². The second-order valence-corrected chi connectivity index (χ2v) is 7.36. The molecule has 2 N–H and O–H groups in total. The van der Waals surface area contributed by atoms with E-state index in [0.717, 1.165) is 43.8 Å². The summed E-state index contributed by atoms with van der Waals surface area (Å²) in [6.07, 6.45) is 2.39. The number of amides is 2. The molecule has 0 aromatic heterocycles. The number of benzene rings is 2. The van der Waals surface area contributed by atoms with E-state index < -0.39 is 11.8 Å². The summed E-state index contributed by atoms with van der Waals surface area (Å²) in [4.78, 5) is 26.6. The summed E-state index contributed by atoms with van der Waals surface area (Å²) < 4.78 is 5.13. The van der Waals surface area contributed by atoms with Crippen LogP contribution < -0.4 is 15.4 Å². The number of nitrogens with one attached hydrogen (secondary N) is 2. The maximum absolute atomic E-state index is 12.2. The number of nitrogens with zero attached hydrogens (tertiary/aromatic N) is 1. The standard InChI is InChI=1S/C23H29N3O3/c1-29-21-9-7-18(8-10-21)11-14-24-22(27)23(28)25-20-12-15-26(16-13-20)17-19-5-3-2-4-6-19/h2-10,20H,11-17H2,1H3,(H,24,27)(H,25,28). The third-order valence-corrected chi connectivity index (χ3v) is 5.24. The molecule has 0 aliphatic carbocycles. The average Bonchev–Trinajstić information content (AvgIpc) is 2.76. The van der Waals surface area contributed by atoms with Crippen LogP contribution in [0.5, 0.6) is 5.75 Å². The molecule has 1 saturated heterocycles. The Labute approximate surface area is 172 Å². The zero-order chi connectivity index (χ0) is 20.5. The van der Waals surface area contributed by atoms with Gasteiger partial charge in [-0.05, 0) is 42.5 Å². The highest BCUT2D eigenvalue weighted by Crippen LogP contribution is 2.14. The monoisotopic (exact) mass is 395 g/mol.